The lowest BCUT2D eigenvalue weighted by molar-refractivity contribution is 0.0959. The fourth-order valence-corrected chi connectivity index (χ4v) is 3.52. The van der Waals surface area contributed by atoms with Crippen LogP contribution in [0.4, 0.5) is 0 Å². The second-order valence-electron chi connectivity index (χ2n) is 5.64. The maximum Gasteiger partial charge on any atom is 0.253 e. The molecule has 5 nitrogen and oxygen atoms in total. The quantitative estimate of drug-likeness (QED) is 0.759. The van der Waals surface area contributed by atoms with Crippen molar-refractivity contribution in [2.24, 2.45) is 0 Å². The number of benzene rings is 2. The Kier molecular flexibility index (Phi) is 4.74. The minimum Gasteiger partial charge on any atom is -0.338 e. The van der Waals surface area contributed by atoms with E-state index in [1.165, 1.54) is 18.3 Å². The van der Waals surface area contributed by atoms with Gasteiger partial charge in [-0.1, -0.05) is 35.4 Å². The number of nitrogens with one attached hydrogen (secondary N) is 1. The Bertz CT molecular complexity index is 1050. The van der Waals surface area contributed by atoms with Crippen molar-refractivity contribution in [3.8, 4) is 0 Å². The number of aromatic nitrogens is 1. The molecule has 0 saturated heterocycles. The van der Waals surface area contributed by atoms with Crippen LogP contribution in [-0.4, -0.2) is 25.2 Å². The number of carbonyl (C=O) groups excluding carboxylic acids is 1. The first-order chi connectivity index (χ1) is 11.8. The third-order valence-electron chi connectivity index (χ3n) is 3.71. The van der Waals surface area contributed by atoms with Crippen LogP contribution in [0.1, 0.15) is 15.9 Å². The second kappa shape index (κ2) is 6.82. The predicted molar refractivity (Wildman–Crippen MR) is 97.5 cm³/mol. The van der Waals surface area contributed by atoms with Gasteiger partial charge in [0.2, 0.25) is 0 Å². The van der Waals surface area contributed by atoms with Gasteiger partial charge in [0.15, 0.2) is 9.84 Å². The van der Waals surface area contributed by atoms with E-state index in [9.17, 15) is 13.2 Å². The van der Waals surface area contributed by atoms with Gasteiger partial charge in [-0.2, -0.15) is 0 Å². The van der Waals surface area contributed by atoms with Gasteiger partial charge in [-0.3, -0.25) is 9.78 Å². The van der Waals surface area contributed by atoms with Gasteiger partial charge in [0.1, 0.15) is 5.88 Å². The van der Waals surface area contributed by atoms with Crippen molar-refractivity contribution >= 4 is 38.2 Å². The molecule has 0 aliphatic heterocycles. The largest absolute Gasteiger partial charge is 0.338 e. The highest BCUT2D eigenvalue weighted by atomic mass is 35.5. The van der Waals surface area contributed by atoms with Crippen LogP contribution in [-0.2, 0) is 9.84 Å². The summed E-state index contributed by atoms with van der Waals surface area (Å²) in [5.41, 5.74) is 1.91. The zero-order chi connectivity index (χ0) is 18.0. The first-order valence-electron chi connectivity index (χ1n) is 7.48. The summed E-state index contributed by atoms with van der Waals surface area (Å²) in [7, 11) is -3.60. The average Bonchev–Trinajstić information content (AvgIpc) is 2.59. The van der Waals surface area contributed by atoms with E-state index in [0.29, 0.717) is 10.5 Å². The summed E-state index contributed by atoms with van der Waals surface area (Å²) in [4.78, 5) is 16.6. The predicted octanol–water partition coefficient (Wildman–Crippen LogP) is 3.36. The van der Waals surface area contributed by atoms with Crippen LogP contribution in [0.5, 0.6) is 0 Å². The third kappa shape index (κ3) is 3.97. The van der Waals surface area contributed by atoms with E-state index < -0.39 is 21.6 Å². The molecule has 1 N–H and O–H groups in total. The highest BCUT2D eigenvalue weighted by Crippen LogP contribution is 2.18. The topological polar surface area (TPSA) is 76.1 Å². The number of sulfone groups is 1. The van der Waals surface area contributed by atoms with E-state index in [4.69, 9.17) is 11.6 Å². The number of fused-ring (bicyclic) bond motifs is 1. The van der Waals surface area contributed by atoms with Gasteiger partial charge in [0.25, 0.3) is 5.91 Å². The number of halogens is 1. The van der Waals surface area contributed by atoms with Crippen LogP contribution in [0.3, 0.4) is 0 Å². The van der Waals surface area contributed by atoms with Gasteiger partial charge in [-0.25, -0.2) is 8.42 Å². The standard InChI is InChI=1S/C18H15ClN2O3S/c1-12-2-6-16(7-3-12)25(23,24)11-21-18(22)14-8-13-4-5-15(19)9-17(13)20-10-14/h2-10H,11H2,1H3,(H,21,22). The number of hydrogen-bond acceptors (Lipinski definition) is 4. The molecule has 0 aliphatic carbocycles. The molecule has 7 heteroatoms. The molecule has 1 aromatic heterocycles. The summed E-state index contributed by atoms with van der Waals surface area (Å²) in [5, 5.41) is 3.74. The molecule has 3 rings (SSSR count). The third-order valence-corrected chi connectivity index (χ3v) is 5.46. The molecule has 0 spiro atoms. The van der Waals surface area contributed by atoms with Crippen LogP contribution in [0.15, 0.2) is 59.6 Å². The van der Waals surface area contributed by atoms with Crippen LogP contribution in [0.2, 0.25) is 5.02 Å². The SMILES string of the molecule is Cc1ccc(S(=O)(=O)CNC(=O)c2cnc3cc(Cl)ccc3c2)cc1. The number of carbonyl (C=O) groups is 1. The highest BCUT2D eigenvalue weighted by molar-refractivity contribution is 7.91. The fraction of sp³-hybridized carbons (Fsp3) is 0.111. The van der Waals surface area contributed by atoms with Crippen molar-refractivity contribution in [3.63, 3.8) is 0 Å². The second-order valence-corrected chi connectivity index (χ2v) is 8.07. The number of nitrogens with zero attached hydrogens (tertiary/aromatic N) is 1. The molecule has 128 valence electrons. The van der Waals surface area contributed by atoms with Crippen LogP contribution < -0.4 is 5.32 Å². The number of pyridine rings is 1. The van der Waals surface area contributed by atoms with Crippen LogP contribution in [0.25, 0.3) is 10.9 Å². The molecule has 0 radical (unpaired) electrons. The number of amides is 1. The van der Waals surface area contributed by atoms with Crippen molar-refractivity contribution in [2.45, 2.75) is 11.8 Å². The van der Waals surface area contributed by atoms with Gasteiger partial charge in [-0.05, 0) is 37.3 Å². The van der Waals surface area contributed by atoms with Gasteiger partial charge >= 0.3 is 0 Å². The fourth-order valence-electron chi connectivity index (χ4n) is 2.31. The first kappa shape index (κ1) is 17.4. The summed E-state index contributed by atoms with van der Waals surface area (Å²) in [6.07, 6.45) is 1.40. The Hall–Kier alpha value is -2.44. The molecule has 3 aromatic rings. The number of rotatable bonds is 4. The molecule has 0 fully saturated rings. The van der Waals surface area contributed by atoms with E-state index in [1.54, 1.807) is 36.4 Å². The lowest BCUT2D eigenvalue weighted by atomic mass is 10.1. The normalized spacial score (nSPS) is 11.4. The molecule has 2 aromatic carbocycles. The van der Waals surface area contributed by atoms with Crippen molar-refractivity contribution in [2.75, 3.05) is 5.88 Å². The number of hydrogen-bond donors (Lipinski definition) is 1. The minimum absolute atomic E-state index is 0.171. The molecular formula is C18H15ClN2O3S. The van der Waals surface area contributed by atoms with Crippen molar-refractivity contribution in [3.05, 3.63) is 70.9 Å². The van der Waals surface area contributed by atoms with Crippen molar-refractivity contribution < 1.29 is 13.2 Å². The van der Waals surface area contributed by atoms with E-state index in [-0.39, 0.29) is 10.5 Å². The van der Waals surface area contributed by atoms with Gasteiger partial charge in [0.05, 0.1) is 16.0 Å². The summed E-state index contributed by atoms with van der Waals surface area (Å²) in [6.45, 7) is 1.87. The van der Waals surface area contributed by atoms with Gasteiger partial charge in [-0.15, -0.1) is 0 Å². The Labute approximate surface area is 150 Å². The average molecular weight is 375 g/mol. The molecular weight excluding hydrogens is 360 g/mol. The summed E-state index contributed by atoms with van der Waals surface area (Å²) >= 11 is 5.90. The van der Waals surface area contributed by atoms with Gasteiger partial charge < -0.3 is 5.32 Å². The molecule has 0 saturated carbocycles. The molecule has 1 amide bonds. The lowest BCUT2D eigenvalue weighted by Crippen LogP contribution is -2.29. The zero-order valence-corrected chi connectivity index (χ0v) is 14.9. The maximum atomic E-state index is 12.3. The van der Waals surface area contributed by atoms with E-state index in [1.807, 2.05) is 6.92 Å². The van der Waals surface area contributed by atoms with E-state index in [0.717, 1.165) is 10.9 Å². The van der Waals surface area contributed by atoms with Crippen molar-refractivity contribution in [1.29, 1.82) is 0 Å². The van der Waals surface area contributed by atoms with Gasteiger partial charge in [0, 0.05) is 16.6 Å². The summed E-state index contributed by atoms with van der Waals surface area (Å²) in [6, 6.07) is 13.3. The lowest BCUT2D eigenvalue weighted by Gasteiger charge is -2.08. The minimum atomic E-state index is -3.60. The monoisotopic (exact) mass is 374 g/mol. The van der Waals surface area contributed by atoms with E-state index >= 15 is 0 Å². The smallest absolute Gasteiger partial charge is 0.253 e. The molecule has 25 heavy (non-hydrogen) atoms. The summed E-state index contributed by atoms with van der Waals surface area (Å²) in [5.74, 6) is -0.979. The van der Waals surface area contributed by atoms with Crippen molar-refractivity contribution in [1.82, 2.24) is 10.3 Å². The summed E-state index contributed by atoms with van der Waals surface area (Å²) < 4.78 is 24.6. The van der Waals surface area contributed by atoms with Crippen LogP contribution >= 0.6 is 11.6 Å². The first-order valence-corrected chi connectivity index (χ1v) is 9.51. The molecule has 1 heterocycles. The number of aryl methyl sites for hydroxylation is 1. The Morgan fingerprint density at radius 1 is 1.12 bits per heavy atom. The van der Waals surface area contributed by atoms with E-state index in [2.05, 4.69) is 10.3 Å². The maximum absolute atomic E-state index is 12.3. The Balaban J connectivity index is 1.76. The molecule has 0 atom stereocenters. The molecule has 0 aliphatic rings. The Morgan fingerprint density at radius 3 is 2.56 bits per heavy atom. The zero-order valence-electron chi connectivity index (χ0n) is 13.4. The highest BCUT2D eigenvalue weighted by Gasteiger charge is 2.16. The molecule has 0 bridgehead atoms. The van der Waals surface area contributed by atoms with Crippen LogP contribution in [0, 0.1) is 6.92 Å². The molecule has 0 unspecified atom stereocenters. The Morgan fingerprint density at radius 2 is 1.84 bits per heavy atom.